The molecule has 1 atom stereocenters. The van der Waals surface area contributed by atoms with Crippen LogP contribution >= 0.6 is 0 Å². The van der Waals surface area contributed by atoms with Gasteiger partial charge in [0.05, 0.1) is 19.7 Å². The zero-order valence-corrected chi connectivity index (χ0v) is 15.9. The second-order valence-electron chi connectivity index (χ2n) is 5.90. The summed E-state index contributed by atoms with van der Waals surface area (Å²) in [6, 6.07) is 8.26. The Morgan fingerprint density at radius 3 is 2.33 bits per heavy atom. The van der Waals surface area contributed by atoms with Crippen LogP contribution in [0.25, 0.3) is 0 Å². The molecule has 0 aromatic heterocycles. The Balaban J connectivity index is 2.11. The SMILES string of the molecule is COc1ccc(F)cc1S(=O)(=O)N(C)CC(=O)NC(C)c1ccc(F)cc1. The van der Waals surface area contributed by atoms with Crippen molar-refractivity contribution in [3.05, 3.63) is 59.7 Å². The van der Waals surface area contributed by atoms with E-state index in [-0.39, 0.29) is 10.6 Å². The van der Waals surface area contributed by atoms with Gasteiger partial charge in [-0.25, -0.2) is 17.2 Å². The minimum absolute atomic E-state index is 0.0247. The first-order valence-corrected chi connectivity index (χ1v) is 9.44. The Kier molecular flexibility index (Phi) is 6.50. The van der Waals surface area contributed by atoms with Gasteiger partial charge in [0.25, 0.3) is 0 Å². The van der Waals surface area contributed by atoms with Gasteiger partial charge in [0.2, 0.25) is 15.9 Å². The fourth-order valence-corrected chi connectivity index (χ4v) is 3.72. The monoisotopic (exact) mass is 398 g/mol. The van der Waals surface area contributed by atoms with E-state index in [2.05, 4.69) is 5.32 Å². The van der Waals surface area contributed by atoms with E-state index in [4.69, 9.17) is 4.74 Å². The molecule has 1 N–H and O–H groups in total. The molecular weight excluding hydrogens is 378 g/mol. The van der Waals surface area contributed by atoms with E-state index in [9.17, 15) is 22.0 Å². The van der Waals surface area contributed by atoms with Crippen molar-refractivity contribution >= 4 is 15.9 Å². The fraction of sp³-hybridized carbons (Fsp3) is 0.278. The summed E-state index contributed by atoms with van der Waals surface area (Å²) in [6.07, 6.45) is 0. The summed E-state index contributed by atoms with van der Waals surface area (Å²) in [5.74, 6) is -1.72. The van der Waals surface area contributed by atoms with Crippen LogP contribution in [0.2, 0.25) is 0 Å². The first-order valence-electron chi connectivity index (χ1n) is 8.00. The van der Waals surface area contributed by atoms with Gasteiger partial charge >= 0.3 is 0 Å². The van der Waals surface area contributed by atoms with E-state index in [1.165, 1.54) is 44.5 Å². The largest absolute Gasteiger partial charge is 0.495 e. The Morgan fingerprint density at radius 2 is 1.74 bits per heavy atom. The number of halogens is 2. The van der Waals surface area contributed by atoms with Crippen LogP contribution in [0.1, 0.15) is 18.5 Å². The van der Waals surface area contributed by atoms with E-state index < -0.39 is 40.2 Å². The lowest BCUT2D eigenvalue weighted by atomic mass is 10.1. The van der Waals surface area contributed by atoms with Crippen molar-refractivity contribution < 1.29 is 26.7 Å². The van der Waals surface area contributed by atoms with Crippen LogP contribution in [-0.2, 0) is 14.8 Å². The average molecular weight is 398 g/mol. The number of benzene rings is 2. The second-order valence-corrected chi connectivity index (χ2v) is 7.91. The maximum atomic E-state index is 13.5. The molecule has 0 saturated heterocycles. The number of rotatable bonds is 7. The summed E-state index contributed by atoms with van der Waals surface area (Å²) in [4.78, 5) is 11.8. The van der Waals surface area contributed by atoms with Crippen molar-refractivity contribution in [2.45, 2.75) is 17.9 Å². The van der Waals surface area contributed by atoms with Gasteiger partial charge in [-0.05, 0) is 42.8 Å². The number of nitrogens with zero attached hydrogens (tertiary/aromatic N) is 1. The number of amides is 1. The third-order valence-corrected chi connectivity index (χ3v) is 5.75. The number of hydrogen-bond donors (Lipinski definition) is 1. The van der Waals surface area contributed by atoms with Gasteiger partial charge in [-0.1, -0.05) is 12.1 Å². The molecule has 2 aromatic carbocycles. The van der Waals surface area contributed by atoms with Crippen molar-refractivity contribution in [1.82, 2.24) is 9.62 Å². The third-order valence-electron chi connectivity index (χ3n) is 3.93. The molecule has 27 heavy (non-hydrogen) atoms. The molecule has 0 fully saturated rings. The van der Waals surface area contributed by atoms with Crippen molar-refractivity contribution in [2.24, 2.45) is 0 Å². The zero-order valence-electron chi connectivity index (χ0n) is 15.1. The molecule has 6 nitrogen and oxygen atoms in total. The van der Waals surface area contributed by atoms with Crippen molar-refractivity contribution in [2.75, 3.05) is 20.7 Å². The molecule has 0 radical (unpaired) electrons. The predicted octanol–water partition coefficient (Wildman–Crippen LogP) is 2.47. The maximum Gasteiger partial charge on any atom is 0.247 e. The molecule has 1 amide bonds. The molecular formula is C18H20F2N2O4S. The van der Waals surface area contributed by atoms with Crippen LogP contribution in [-0.4, -0.2) is 39.3 Å². The van der Waals surface area contributed by atoms with Crippen molar-refractivity contribution in [3.8, 4) is 5.75 Å². The van der Waals surface area contributed by atoms with Crippen LogP contribution in [0, 0.1) is 11.6 Å². The summed E-state index contributed by atoms with van der Waals surface area (Å²) in [7, 11) is -1.67. The molecule has 9 heteroatoms. The van der Waals surface area contributed by atoms with Crippen LogP contribution in [0.15, 0.2) is 47.4 Å². The Morgan fingerprint density at radius 1 is 1.15 bits per heavy atom. The molecule has 0 bridgehead atoms. The smallest absolute Gasteiger partial charge is 0.247 e. The Bertz CT molecular complexity index is 917. The van der Waals surface area contributed by atoms with Gasteiger partial charge in [-0.2, -0.15) is 4.31 Å². The van der Waals surface area contributed by atoms with Crippen molar-refractivity contribution in [1.29, 1.82) is 0 Å². The summed E-state index contributed by atoms with van der Waals surface area (Å²) in [6.45, 7) is 1.21. The minimum Gasteiger partial charge on any atom is -0.495 e. The van der Waals surface area contributed by atoms with Crippen LogP contribution in [0.5, 0.6) is 5.75 Å². The number of carbonyl (C=O) groups is 1. The van der Waals surface area contributed by atoms with E-state index in [0.29, 0.717) is 5.56 Å². The number of nitrogens with one attached hydrogen (secondary N) is 1. The second kappa shape index (κ2) is 8.45. The number of carbonyl (C=O) groups excluding carboxylic acids is 1. The standard InChI is InChI=1S/C18H20F2N2O4S/c1-12(13-4-6-14(19)7-5-13)21-18(23)11-22(2)27(24,25)17-10-15(20)8-9-16(17)26-3/h4-10,12H,11H2,1-3H3,(H,21,23). The molecule has 0 heterocycles. The highest BCUT2D eigenvalue weighted by molar-refractivity contribution is 7.89. The number of likely N-dealkylation sites (N-methyl/N-ethyl adjacent to an activating group) is 1. The van der Waals surface area contributed by atoms with Gasteiger partial charge < -0.3 is 10.1 Å². The van der Waals surface area contributed by atoms with E-state index >= 15 is 0 Å². The van der Waals surface area contributed by atoms with Gasteiger partial charge in [-0.3, -0.25) is 4.79 Å². The molecule has 0 aliphatic carbocycles. The van der Waals surface area contributed by atoms with E-state index in [1.807, 2.05) is 0 Å². The topological polar surface area (TPSA) is 75.7 Å². The van der Waals surface area contributed by atoms with E-state index in [1.54, 1.807) is 6.92 Å². The predicted molar refractivity (Wildman–Crippen MR) is 95.7 cm³/mol. The summed E-state index contributed by atoms with van der Waals surface area (Å²) < 4.78 is 57.5. The summed E-state index contributed by atoms with van der Waals surface area (Å²) in [5, 5.41) is 2.64. The molecule has 1 unspecified atom stereocenters. The first-order chi connectivity index (χ1) is 12.6. The number of sulfonamides is 1. The van der Waals surface area contributed by atoms with E-state index in [0.717, 1.165) is 16.4 Å². The van der Waals surface area contributed by atoms with Gasteiger partial charge in [0.15, 0.2) is 0 Å². The number of methoxy groups -OCH3 is 1. The minimum atomic E-state index is -4.15. The number of ether oxygens (including phenoxy) is 1. The molecule has 146 valence electrons. The molecule has 0 saturated carbocycles. The van der Waals surface area contributed by atoms with Gasteiger partial charge in [0.1, 0.15) is 22.3 Å². The Labute approximate surface area is 156 Å². The zero-order chi connectivity index (χ0) is 20.2. The number of hydrogen-bond acceptors (Lipinski definition) is 4. The highest BCUT2D eigenvalue weighted by Crippen LogP contribution is 2.26. The first kappa shape index (κ1) is 20.8. The van der Waals surface area contributed by atoms with Crippen LogP contribution < -0.4 is 10.1 Å². The lowest BCUT2D eigenvalue weighted by Gasteiger charge is -2.20. The third kappa shape index (κ3) is 5.01. The molecule has 0 aliphatic heterocycles. The highest BCUT2D eigenvalue weighted by atomic mass is 32.2. The lowest BCUT2D eigenvalue weighted by molar-refractivity contribution is -0.121. The average Bonchev–Trinajstić information content (AvgIpc) is 2.61. The molecule has 2 aromatic rings. The maximum absolute atomic E-state index is 13.5. The van der Waals surface area contributed by atoms with Crippen LogP contribution in [0.3, 0.4) is 0 Å². The van der Waals surface area contributed by atoms with Gasteiger partial charge in [0, 0.05) is 7.05 Å². The fourth-order valence-electron chi connectivity index (χ4n) is 2.43. The summed E-state index contributed by atoms with van der Waals surface area (Å²) >= 11 is 0. The molecule has 2 rings (SSSR count). The van der Waals surface area contributed by atoms with Crippen molar-refractivity contribution in [3.63, 3.8) is 0 Å². The molecule has 0 spiro atoms. The van der Waals surface area contributed by atoms with Crippen LogP contribution in [0.4, 0.5) is 8.78 Å². The Hall–Kier alpha value is -2.52. The highest BCUT2D eigenvalue weighted by Gasteiger charge is 2.27. The normalized spacial score (nSPS) is 12.7. The molecule has 0 aliphatic rings. The van der Waals surface area contributed by atoms with Gasteiger partial charge in [-0.15, -0.1) is 0 Å². The lowest BCUT2D eigenvalue weighted by Crippen LogP contribution is -2.39. The quantitative estimate of drug-likeness (QED) is 0.778. The summed E-state index contributed by atoms with van der Waals surface area (Å²) in [5.41, 5.74) is 0.669.